The second-order valence-electron chi connectivity index (χ2n) is 7.12. The number of ether oxygens (including phenoxy) is 1. The molecule has 0 aromatic heterocycles. The van der Waals surface area contributed by atoms with Crippen LogP contribution in [0.25, 0.3) is 0 Å². The van der Waals surface area contributed by atoms with E-state index < -0.39 is 9.84 Å². The van der Waals surface area contributed by atoms with Gasteiger partial charge in [0.15, 0.2) is 9.84 Å². The maximum Gasteiger partial charge on any atom is 0.176 e. The zero-order chi connectivity index (χ0) is 18.3. The predicted molar refractivity (Wildman–Crippen MR) is 103 cm³/mol. The van der Waals surface area contributed by atoms with Gasteiger partial charge in [0, 0.05) is 12.3 Å². The fourth-order valence-corrected chi connectivity index (χ4v) is 5.39. The van der Waals surface area contributed by atoms with Gasteiger partial charge in [-0.25, -0.2) is 8.42 Å². The van der Waals surface area contributed by atoms with Crippen LogP contribution in [-0.4, -0.2) is 38.7 Å². The van der Waals surface area contributed by atoms with Gasteiger partial charge in [-0.15, -0.1) is 0 Å². The average molecular weight is 392 g/mol. The van der Waals surface area contributed by atoms with Crippen LogP contribution < -0.4 is 4.74 Å². The topological polar surface area (TPSA) is 46.6 Å². The van der Waals surface area contributed by atoms with Crippen molar-refractivity contribution in [3.63, 3.8) is 0 Å². The summed E-state index contributed by atoms with van der Waals surface area (Å²) < 4.78 is 29.9. The van der Waals surface area contributed by atoms with Gasteiger partial charge in [-0.3, -0.25) is 4.90 Å². The largest absolute Gasteiger partial charge is 0.484 e. The lowest BCUT2D eigenvalue weighted by Crippen LogP contribution is -2.38. The van der Waals surface area contributed by atoms with Gasteiger partial charge >= 0.3 is 0 Å². The van der Waals surface area contributed by atoms with Crippen molar-refractivity contribution in [2.24, 2.45) is 0 Å². The lowest BCUT2D eigenvalue weighted by atomic mass is 10.1. The molecule has 1 aliphatic heterocycles. The maximum absolute atomic E-state index is 11.8. The summed E-state index contributed by atoms with van der Waals surface area (Å²) in [6.07, 6.45) is 4.54. The molecule has 0 bridgehead atoms. The van der Waals surface area contributed by atoms with Crippen molar-refractivity contribution in [2.75, 3.05) is 19.3 Å². The van der Waals surface area contributed by atoms with Gasteiger partial charge in [0.1, 0.15) is 11.9 Å². The molecule has 1 saturated heterocycles. The van der Waals surface area contributed by atoms with Gasteiger partial charge in [0.2, 0.25) is 0 Å². The van der Waals surface area contributed by atoms with E-state index in [0.717, 1.165) is 25.8 Å². The molecule has 0 amide bonds. The summed E-state index contributed by atoms with van der Waals surface area (Å²) in [4.78, 5) is 2.64. The van der Waals surface area contributed by atoms with Crippen molar-refractivity contribution < 1.29 is 13.2 Å². The summed E-state index contributed by atoms with van der Waals surface area (Å²) in [5, 5.41) is 0.203. The first-order valence-electron chi connectivity index (χ1n) is 8.91. The average Bonchev–Trinajstić information content (AvgIpc) is 3.22. The molecular weight excluding hydrogens is 370 g/mol. The number of rotatable bonds is 4. The fourth-order valence-electron chi connectivity index (χ4n) is 4.08. The zero-order valence-electron chi connectivity index (χ0n) is 14.7. The summed E-state index contributed by atoms with van der Waals surface area (Å²) in [6.45, 7) is 2.21. The molecule has 6 heteroatoms. The van der Waals surface area contributed by atoms with E-state index in [9.17, 15) is 8.42 Å². The predicted octanol–water partition coefficient (Wildman–Crippen LogP) is 3.88. The van der Waals surface area contributed by atoms with E-state index in [0.29, 0.717) is 11.8 Å². The second kappa shape index (κ2) is 6.87. The number of likely N-dealkylation sites (tertiary alicyclic amines) is 1. The highest BCUT2D eigenvalue weighted by Gasteiger charge is 2.38. The molecule has 26 heavy (non-hydrogen) atoms. The highest BCUT2D eigenvalue weighted by atomic mass is 35.5. The normalized spacial score (nSPS) is 23.2. The number of fused-ring (bicyclic) bond motifs is 1. The Hall–Kier alpha value is -1.56. The summed E-state index contributed by atoms with van der Waals surface area (Å²) in [7, 11) is -3.35. The number of nitrogens with zero attached hydrogens (tertiary/aromatic N) is 1. The van der Waals surface area contributed by atoms with E-state index in [2.05, 4.69) is 23.1 Å². The third-order valence-corrected chi connectivity index (χ3v) is 6.90. The van der Waals surface area contributed by atoms with E-state index in [1.54, 1.807) is 12.1 Å². The summed E-state index contributed by atoms with van der Waals surface area (Å²) in [6, 6.07) is 13.6. The molecule has 138 valence electrons. The molecule has 2 aromatic rings. The van der Waals surface area contributed by atoms with Crippen molar-refractivity contribution in [2.45, 2.75) is 36.3 Å². The van der Waals surface area contributed by atoms with Gasteiger partial charge in [0.25, 0.3) is 0 Å². The lowest BCUT2D eigenvalue weighted by Gasteiger charge is -2.30. The molecule has 4 rings (SSSR count). The van der Waals surface area contributed by atoms with Gasteiger partial charge < -0.3 is 4.74 Å². The van der Waals surface area contributed by atoms with Crippen molar-refractivity contribution >= 4 is 21.4 Å². The van der Waals surface area contributed by atoms with Gasteiger partial charge in [0.05, 0.1) is 16.0 Å². The third-order valence-electron chi connectivity index (χ3n) is 5.32. The Morgan fingerprint density at radius 3 is 2.54 bits per heavy atom. The number of halogens is 1. The minimum Gasteiger partial charge on any atom is -0.484 e. The summed E-state index contributed by atoms with van der Waals surface area (Å²) >= 11 is 6.19. The molecule has 0 radical (unpaired) electrons. The molecule has 2 aliphatic rings. The molecule has 2 aromatic carbocycles. The number of hydrogen-bond donors (Lipinski definition) is 0. The van der Waals surface area contributed by atoms with E-state index in [1.807, 2.05) is 6.07 Å². The summed E-state index contributed by atoms with van der Waals surface area (Å²) in [5.41, 5.74) is 2.54. The highest BCUT2D eigenvalue weighted by molar-refractivity contribution is 7.90. The standard InChI is InChI=1S/C20H22ClNO3S/c1-26(23,24)19-9-8-15(13-17(19)21)25-20-16-7-3-2-6-14(16)12-18(20)22-10-4-5-11-22/h2-3,6-9,13,18,20H,4-5,10-12H2,1H3/t18-,20-/m0/s1. The Balaban J connectivity index is 1.65. The Labute approximate surface area is 159 Å². The molecule has 0 saturated carbocycles. The van der Waals surface area contributed by atoms with E-state index >= 15 is 0 Å². The molecule has 0 unspecified atom stereocenters. The van der Waals surface area contributed by atoms with E-state index in [4.69, 9.17) is 16.3 Å². The van der Waals surface area contributed by atoms with Crippen molar-refractivity contribution in [1.82, 2.24) is 4.90 Å². The first-order valence-corrected chi connectivity index (χ1v) is 11.2. The van der Waals surface area contributed by atoms with Crippen LogP contribution in [0.3, 0.4) is 0 Å². The van der Waals surface area contributed by atoms with Crippen LogP contribution >= 0.6 is 11.6 Å². The van der Waals surface area contributed by atoms with Crippen LogP contribution in [0.4, 0.5) is 0 Å². The van der Waals surface area contributed by atoms with Crippen LogP contribution in [0.15, 0.2) is 47.4 Å². The minimum absolute atomic E-state index is 0.0653. The van der Waals surface area contributed by atoms with Crippen LogP contribution in [0.5, 0.6) is 5.75 Å². The molecule has 4 nitrogen and oxygen atoms in total. The SMILES string of the molecule is CS(=O)(=O)c1ccc(O[C@H]2c3ccccc3C[C@@H]2N2CCCC2)cc1Cl. The first kappa shape index (κ1) is 17.8. The smallest absolute Gasteiger partial charge is 0.176 e. The summed E-state index contributed by atoms with van der Waals surface area (Å²) in [5.74, 6) is 0.605. The molecule has 2 atom stereocenters. The fraction of sp³-hybridized carbons (Fsp3) is 0.400. The van der Waals surface area contributed by atoms with Crippen LogP contribution in [0, 0.1) is 0 Å². The Kier molecular flexibility index (Phi) is 4.71. The highest BCUT2D eigenvalue weighted by Crippen LogP contribution is 2.39. The monoisotopic (exact) mass is 391 g/mol. The minimum atomic E-state index is -3.35. The van der Waals surface area contributed by atoms with Crippen molar-refractivity contribution in [1.29, 1.82) is 0 Å². The zero-order valence-corrected chi connectivity index (χ0v) is 16.3. The first-order chi connectivity index (χ1) is 12.4. The maximum atomic E-state index is 11.8. The lowest BCUT2D eigenvalue weighted by molar-refractivity contribution is 0.0941. The third kappa shape index (κ3) is 3.36. The number of benzene rings is 2. The Bertz CT molecular complexity index is 922. The molecular formula is C20H22ClNO3S. The van der Waals surface area contributed by atoms with Crippen LogP contribution in [-0.2, 0) is 16.3 Å². The van der Waals surface area contributed by atoms with Crippen LogP contribution in [0.1, 0.15) is 30.1 Å². The van der Waals surface area contributed by atoms with E-state index in [1.165, 1.54) is 30.0 Å². The van der Waals surface area contributed by atoms with Crippen molar-refractivity contribution in [3.8, 4) is 5.75 Å². The molecule has 0 N–H and O–H groups in total. The van der Waals surface area contributed by atoms with Crippen molar-refractivity contribution in [3.05, 3.63) is 58.6 Å². The molecule has 1 fully saturated rings. The number of sulfone groups is 1. The second-order valence-corrected chi connectivity index (χ2v) is 9.51. The molecule has 1 heterocycles. The van der Waals surface area contributed by atoms with Gasteiger partial charge in [-0.05, 0) is 55.6 Å². The van der Waals surface area contributed by atoms with Crippen LogP contribution in [0.2, 0.25) is 5.02 Å². The van der Waals surface area contributed by atoms with Gasteiger partial charge in [-0.2, -0.15) is 0 Å². The van der Waals surface area contributed by atoms with Gasteiger partial charge in [-0.1, -0.05) is 35.9 Å². The molecule has 0 spiro atoms. The van der Waals surface area contributed by atoms with E-state index in [-0.39, 0.29) is 16.0 Å². The Morgan fingerprint density at radius 1 is 1.12 bits per heavy atom. The quantitative estimate of drug-likeness (QED) is 0.793. The molecule has 1 aliphatic carbocycles. The number of hydrogen-bond acceptors (Lipinski definition) is 4. The Morgan fingerprint density at radius 2 is 1.85 bits per heavy atom.